The highest BCUT2D eigenvalue weighted by Gasteiger charge is 2.33. The van der Waals surface area contributed by atoms with Crippen molar-refractivity contribution < 1.29 is 9.21 Å². The maximum absolute atomic E-state index is 12.6. The van der Waals surface area contributed by atoms with Gasteiger partial charge in [0.15, 0.2) is 0 Å². The molecule has 1 aliphatic rings. The summed E-state index contributed by atoms with van der Waals surface area (Å²) in [4.78, 5) is 17.0. The summed E-state index contributed by atoms with van der Waals surface area (Å²) in [5.41, 5.74) is 9.54. The van der Waals surface area contributed by atoms with Crippen LogP contribution < -0.4 is 11.1 Å². The molecule has 3 N–H and O–H groups in total. The standard InChI is InChI=1S/C20H27N3O2.ClH/c1-14-6-7-16(10-17(14)19-22-15(2)12-25-19)23-18(24)11-20(13-21)8-4-3-5-9-20;/h6-7,10,12H,3-5,8-9,11,13,21H2,1-2H3,(H,23,24);1H. The Labute approximate surface area is 161 Å². The Morgan fingerprint density at radius 3 is 2.62 bits per heavy atom. The Balaban J connectivity index is 0.00000243. The first kappa shape index (κ1) is 20.5. The molecule has 0 aliphatic heterocycles. The van der Waals surface area contributed by atoms with Crippen molar-refractivity contribution in [3.63, 3.8) is 0 Å². The number of benzene rings is 1. The van der Waals surface area contributed by atoms with Crippen LogP contribution in [0.5, 0.6) is 0 Å². The number of carbonyl (C=O) groups excluding carboxylic acids is 1. The first-order chi connectivity index (χ1) is 12.0. The van der Waals surface area contributed by atoms with E-state index in [0.717, 1.165) is 35.3 Å². The fourth-order valence-corrected chi connectivity index (χ4v) is 3.71. The minimum absolute atomic E-state index is 0. The first-order valence-electron chi connectivity index (χ1n) is 9.04. The van der Waals surface area contributed by atoms with Crippen LogP contribution in [-0.2, 0) is 4.79 Å². The van der Waals surface area contributed by atoms with E-state index in [1.807, 2.05) is 32.0 Å². The van der Waals surface area contributed by atoms with Crippen LogP contribution in [-0.4, -0.2) is 17.4 Å². The smallest absolute Gasteiger partial charge is 0.226 e. The number of oxazole rings is 1. The first-order valence-corrected chi connectivity index (χ1v) is 9.04. The molecule has 0 bridgehead atoms. The van der Waals surface area contributed by atoms with Crippen LogP contribution in [0, 0.1) is 19.3 Å². The van der Waals surface area contributed by atoms with Crippen molar-refractivity contribution in [3.8, 4) is 11.5 Å². The number of hydrogen-bond acceptors (Lipinski definition) is 4. The molecule has 0 atom stereocenters. The second-order valence-electron chi connectivity index (χ2n) is 7.31. The average Bonchev–Trinajstić information content (AvgIpc) is 3.03. The molecule has 0 unspecified atom stereocenters. The van der Waals surface area contributed by atoms with E-state index in [1.54, 1.807) is 6.26 Å². The van der Waals surface area contributed by atoms with Crippen LogP contribution in [0.25, 0.3) is 11.5 Å². The number of aryl methyl sites for hydroxylation is 2. The molecule has 1 amide bonds. The van der Waals surface area contributed by atoms with Crippen LogP contribution in [0.1, 0.15) is 49.8 Å². The lowest BCUT2D eigenvalue weighted by atomic mass is 9.71. The van der Waals surface area contributed by atoms with Crippen LogP contribution in [0.4, 0.5) is 5.69 Å². The van der Waals surface area contributed by atoms with Crippen molar-refractivity contribution >= 4 is 24.0 Å². The van der Waals surface area contributed by atoms with E-state index in [0.29, 0.717) is 18.9 Å². The van der Waals surface area contributed by atoms with E-state index >= 15 is 0 Å². The predicted molar refractivity (Wildman–Crippen MR) is 106 cm³/mol. The monoisotopic (exact) mass is 377 g/mol. The number of nitrogens with one attached hydrogen (secondary N) is 1. The fourth-order valence-electron chi connectivity index (χ4n) is 3.71. The number of rotatable bonds is 5. The molecular weight excluding hydrogens is 350 g/mol. The van der Waals surface area contributed by atoms with Gasteiger partial charge in [-0.05, 0) is 56.3 Å². The fraction of sp³-hybridized carbons (Fsp3) is 0.500. The van der Waals surface area contributed by atoms with Crippen LogP contribution >= 0.6 is 12.4 Å². The molecule has 1 saturated carbocycles. The average molecular weight is 378 g/mol. The zero-order valence-electron chi connectivity index (χ0n) is 15.5. The number of nitrogens with two attached hydrogens (primary N) is 1. The molecule has 5 nitrogen and oxygen atoms in total. The third kappa shape index (κ3) is 4.65. The Bertz CT molecular complexity index is 751. The molecule has 3 rings (SSSR count). The summed E-state index contributed by atoms with van der Waals surface area (Å²) in [5.74, 6) is 0.613. The lowest BCUT2D eigenvalue weighted by Gasteiger charge is -2.35. The summed E-state index contributed by atoms with van der Waals surface area (Å²) in [6.07, 6.45) is 7.81. The van der Waals surface area contributed by atoms with Crippen molar-refractivity contribution in [3.05, 3.63) is 35.7 Å². The molecule has 1 aliphatic carbocycles. The number of anilines is 1. The van der Waals surface area contributed by atoms with Crippen molar-refractivity contribution in [1.29, 1.82) is 0 Å². The summed E-state index contributed by atoms with van der Waals surface area (Å²) in [7, 11) is 0. The molecule has 26 heavy (non-hydrogen) atoms. The van der Waals surface area contributed by atoms with Crippen LogP contribution in [0.15, 0.2) is 28.9 Å². The Hall–Kier alpha value is -1.85. The predicted octanol–water partition coefficient (Wildman–Crippen LogP) is 4.62. The van der Waals surface area contributed by atoms with Gasteiger partial charge in [-0.3, -0.25) is 4.79 Å². The molecular formula is C20H28ClN3O2. The van der Waals surface area contributed by atoms with Gasteiger partial charge in [0.1, 0.15) is 6.26 Å². The van der Waals surface area contributed by atoms with Crippen molar-refractivity contribution in [1.82, 2.24) is 4.98 Å². The highest BCUT2D eigenvalue weighted by Crippen LogP contribution is 2.38. The quantitative estimate of drug-likeness (QED) is 0.796. The number of aromatic nitrogens is 1. The molecule has 1 heterocycles. The summed E-state index contributed by atoms with van der Waals surface area (Å²) in [6, 6.07) is 5.82. The molecule has 1 aromatic heterocycles. The molecule has 2 aromatic rings. The summed E-state index contributed by atoms with van der Waals surface area (Å²) >= 11 is 0. The molecule has 0 spiro atoms. The zero-order valence-corrected chi connectivity index (χ0v) is 16.3. The van der Waals surface area contributed by atoms with Gasteiger partial charge in [-0.15, -0.1) is 12.4 Å². The number of halogens is 1. The zero-order chi connectivity index (χ0) is 17.9. The topological polar surface area (TPSA) is 81.2 Å². The highest BCUT2D eigenvalue weighted by atomic mass is 35.5. The SMILES string of the molecule is Cc1coc(-c2cc(NC(=O)CC3(CN)CCCCC3)ccc2C)n1.Cl. The van der Waals surface area contributed by atoms with E-state index in [1.165, 1.54) is 19.3 Å². The van der Waals surface area contributed by atoms with Crippen LogP contribution in [0.3, 0.4) is 0 Å². The van der Waals surface area contributed by atoms with Gasteiger partial charge in [0.2, 0.25) is 11.8 Å². The second kappa shape index (κ2) is 8.69. The second-order valence-corrected chi connectivity index (χ2v) is 7.31. The van der Waals surface area contributed by atoms with Crippen molar-refractivity contribution in [2.45, 2.75) is 52.4 Å². The van der Waals surface area contributed by atoms with Gasteiger partial charge in [0, 0.05) is 17.7 Å². The molecule has 1 aromatic carbocycles. The third-order valence-corrected chi connectivity index (χ3v) is 5.25. The maximum atomic E-state index is 12.6. The van der Waals surface area contributed by atoms with Gasteiger partial charge in [-0.25, -0.2) is 4.98 Å². The van der Waals surface area contributed by atoms with E-state index in [9.17, 15) is 4.79 Å². The maximum Gasteiger partial charge on any atom is 0.226 e. The Morgan fingerprint density at radius 1 is 1.27 bits per heavy atom. The lowest BCUT2D eigenvalue weighted by Crippen LogP contribution is -2.36. The lowest BCUT2D eigenvalue weighted by molar-refractivity contribution is -0.118. The molecule has 1 fully saturated rings. The van der Waals surface area contributed by atoms with Gasteiger partial charge in [0.05, 0.1) is 5.69 Å². The third-order valence-electron chi connectivity index (χ3n) is 5.25. The molecule has 0 saturated heterocycles. The number of nitrogens with zero attached hydrogens (tertiary/aromatic N) is 1. The minimum Gasteiger partial charge on any atom is -0.444 e. The summed E-state index contributed by atoms with van der Waals surface area (Å²) < 4.78 is 5.51. The summed E-state index contributed by atoms with van der Waals surface area (Å²) in [5, 5.41) is 3.03. The van der Waals surface area contributed by atoms with E-state index < -0.39 is 0 Å². The minimum atomic E-state index is -0.0322. The van der Waals surface area contributed by atoms with Crippen molar-refractivity contribution in [2.75, 3.05) is 11.9 Å². The Morgan fingerprint density at radius 2 is 2.00 bits per heavy atom. The largest absolute Gasteiger partial charge is 0.444 e. The highest BCUT2D eigenvalue weighted by molar-refractivity contribution is 5.92. The van der Waals surface area contributed by atoms with E-state index in [4.69, 9.17) is 10.2 Å². The van der Waals surface area contributed by atoms with Gasteiger partial charge in [0.25, 0.3) is 0 Å². The molecule has 0 radical (unpaired) electrons. The van der Waals surface area contributed by atoms with Gasteiger partial charge < -0.3 is 15.5 Å². The van der Waals surface area contributed by atoms with Gasteiger partial charge >= 0.3 is 0 Å². The normalized spacial score (nSPS) is 16.0. The van der Waals surface area contributed by atoms with Crippen molar-refractivity contribution in [2.24, 2.45) is 11.1 Å². The van der Waals surface area contributed by atoms with Gasteiger partial charge in [-0.2, -0.15) is 0 Å². The van der Waals surface area contributed by atoms with E-state index in [-0.39, 0.29) is 23.7 Å². The summed E-state index contributed by atoms with van der Waals surface area (Å²) in [6.45, 7) is 4.48. The van der Waals surface area contributed by atoms with E-state index in [2.05, 4.69) is 10.3 Å². The van der Waals surface area contributed by atoms with Gasteiger partial charge in [-0.1, -0.05) is 25.3 Å². The number of hydrogen-bond donors (Lipinski definition) is 2. The Kier molecular flexibility index (Phi) is 6.84. The number of carbonyl (C=O) groups is 1. The number of amides is 1. The van der Waals surface area contributed by atoms with Crippen LogP contribution in [0.2, 0.25) is 0 Å². The molecule has 6 heteroatoms. The molecule has 142 valence electrons.